The molecule has 80 valence electrons. The maximum atomic E-state index is 5.93. The van der Waals surface area contributed by atoms with Gasteiger partial charge in [0.25, 0.3) is 0 Å². The Balaban J connectivity index is 2.27. The van der Waals surface area contributed by atoms with Crippen LogP contribution in [0.2, 0.25) is 5.02 Å². The number of pyridine rings is 1. The van der Waals surface area contributed by atoms with Gasteiger partial charge in [0.2, 0.25) is 5.82 Å². The molecule has 0 radical (unpaired) electrons. The normalized spacial score (nSPS) is 11.1. The van der Waals surface area contributed by atoms with E-state index >= 15 is 0 Å². The standard InChI is InChI=1S/C11H8ClN3O/c1-7-2-4-9(16-7)11-14-13-10-5-3-8(12)6-15(10)11/h2-6H,1H3. The molecule has 0 atom stereocenters. The zero-order valence-electron chi connectivity index (χ0n) is 8.51. The van der Waals surface area contributed by atoms with Crippen LogP contribution in [0.1, 0.15) is 5.76 Å². The Bertz CT molecular complexity index is 656. The highest BCUT2D eigenvalue weighted by molar-refractivity contribution is 6.30. The topological polar surface area (TPSA) is 43.3 Å². The summed E-state index contributed by atoms with van der Waals surface area (Å²) in [6, 6.07) is 7.35. The molecule has 3 aromatic heterocycles. The third-order valence-electron chi connectivity index (χ3n) is 2.33. The minimum Gasteiger partial charge on any atom is -0.458 e. The molecule has 0 bridgehead atoms. The van der Waals surface area contributed by atoms with Gasteiger partial charge >= 0.3 is 0 Å². The van der Waals surface area contributed by atoms with Crippen molar-refractivity contribution in [2.24, 2.45) is 0 Å². The zero-order chi connectivity index (χ0) is 11.1. The van der Waals surface area contributed by atoms with Crippen LogP contribution < -0.4 is 0 Å². The SMILES string of the molecule is Cc1ccc(-c2nnc3ccc(Cl)cn23)o1. The van der Waals surface area contributed by atoms with Crippen molar-refractivity contribution in [3.63, 3.8) is 0 Å². The Morgan fingerprint density at radius 3 is 2.81 bits per heavy atom. The van der Waals surface area contributed by atoms with Crippen LogP contribution in [-0.4, -0.2) is 14.6 Å². The van der Waals surface area contributed by atoms with Gasteiger partial charge in [0, 0.05) is 6.20 Å². The second-order valence-corrected chi connectivity index (χ2v) is 3.95. The van der Waals surface area contributed by atoms with Gasteiger partial charge in [-0.05, 0) is 31.2 Å². The van der Waals surface area contributed by atoms with Crippen molar-refractivity contribution in [1.82, 2.24) is 14.6 Å². The molecular weight excluding hydrogens is 226 g/mol. The van der Waals surface area contributed by atoms with E-state index in [0.29, 0.717) is 16.6 Å². The van der Waals surface area contributed by atoms with Crippen LogP contribution >= 0.6 is 11.6 Å². The van der Waals surface area contributed by atoms with Crippen LogP contribution in [0, 0.1) is 6.92 Å². The van der Waals surface area contributed by atoms with E-state index in [-0.39, 0.29) is 0 Å². The minimum absolute atomic E-state index is 0.636. The summed E-state index contributed by atoms with van der Waals surface area (Å²) in [5, 5.41) is 8.76. The van der Waals surface area contributed by atoms with Crippen LogP contribution in [0.15, 0.2) is 34.9 Å². The highest BCUT2D eigenvalue weighted by Gasteiger charge is 2.11. The van der Waals surface area contributed by atoms with Crippen molar-refractivity contribution in [3.05, 3.63) is 41.2 Å². The van der Waals surface area contributed by atoms with Crippen molar-refractivity contribution < 1.29 is 4.42 Å². The first-order chi connectivity index (χ1) is 7.74. The Morgan fingerprint density at radius 2 is 2.06 bits per heavy atom. The number of rotatable bonds is 1. The van der Waals surface area contributed by atoms with Crippen molar-refractivity contribution in [2.45, 2.75) is 6.92 Å². The van der Waals surface area contributed by atoms with Crippen molar-refractivity contribution in [3.8, 4) is 11.6 Å². The molecule has 4 nitrogen and oxygen atoms in total. The highest BCUT2D eigenvalue weighted by atomic mass is 35.5. The molecule has 0 aliphatic rings. The quantitative estimate of drug-likeness (QED) is 0.649. The number of furan rings is 1. The largest absolute Gasteiger partial charge is 0.458 e. The van der Waals surface area contributed by atoms with E-state index in [1.165, 1.54) is 0 Å². The maximum absolute atomic E-state index is 5.93. The number of fused-ring (bicyclic) bond motifs is 1. The van der Waals surface area contributed by atoms with Gasteiger partial charge in [-0.3, -0.25) is 4.40 Å². The summed E-state index contributed by atoms with van der Waals surface area (Å²) >= 11 is 5.93. The first-order valence-electron chi connectivity index (χ1n) is 4.81. The zero-order valence-corrected chi connectivity index (χ0v) is 9.27. The van der Waals surface area contributed by atoms with Crippen LogP contribution in [0.3, 0.4) is 0 Å². The lowest BCUT2D eigenvalue weighted by molar-refractivity contribution is 0.543. The average molecular weight is 234 g/mol. The minimum atomic E-state index is 0.636. The van der Waals surface area contributed by atoms with Gasteiger partial charge < -0.3 is 4.42 Å². The van der Waals surface area contributed by atoms with E-state index in [1.807, 2.05) is 25.1 Å². The summed E-state index contributed by atoms with van der Waals surface area (Å²) < 4.78 is 7.32. The lowest BCUT2D eigenvalue weighted by atomic mass is 10.4. The summed E-state index contributed by atoms with van der Waals surface area (Å²) in [4.78, 5) is 0. The maximum Gasteiger partial charge on any atom is 0.204 e. The van der Waals surface area contributed by atoms with Crippen molar-refractivity contribution >= 4 is 17.2 Å². The van der Waals surface area contributed by atoms with Gasteiger partial charge in [-0.2, -0.15) is 0 Å². The number of aryl methyl sites for hydroxylation is 1. The number of hydrogen-bond acceptors (Lipinski definition) is 3. The highest BCUT2D eigenvalue weighted by Crippen LogP contribution is 2.22. The van der Waals surface area contributed by atoms with Gasteiger partial charge in [-0.1, -0.05) is 11.6 Å². The fraction of sp³-hybridized carbons (Fsp3) is 0.0909. The molecule has 0 aliphatic carbocycles. The van der Waals surface area contributed by atoms with Gasteiger partial charge in [0.1, 0.15) is 5.76 Å². The molecule has 0 fully saturated rings. The molecule has 0 saturated heterocycles. The molecule has 5 heteroatoms. The molecule has 0 aromatic carbocycles. The van der Waals surface area contributed by atoms with Gasteiger partial charge in [-0.25, -0.2) is 0 Å². The molecule has 0 amide bonds. The molecule has 0 saturated carbocycles. The summed E-state index contributed by atoms with van der Waals surface area (Å²) in [6.07, 6.45) is 1.77. The molecule has 0 spiro atoms. The average Bonchev–Trinajstić information content (AvgIpc) is 2.83. The number of hydrogen-bond donors (Lipinski definition) is 0. The fourth-order valence-corrected chi connectivity index (χ4v) is 1.75. The van der Waals surface area contributed by atoms with Gasteiger partial charge in [-0.15, -0.1) is 10.2 Å². The second kappa shape index (κ2) is 3.35. The summed E-state index contributed by atoms with van der Waals surface area (Å²) in [5.74, 6) is 2.19. The fourth-order valence-electron chi connectivity index (χ4n) is 1.59. The Labute approximate surface area is 96.5 Å². The van der Waals surface area contributed by atoms with Crippen LogP contribution in [0.25, 0.3) is 17.2 Å². The molecule has 0 N–H and O–H groups in total. The lowest BCUT2D eigenvalue weighted by Crippen LogP contribution is -1.87. The monoisotopic (exact) mass is 233 g/mol. The molecule has 3 rings (SSSR count). The molecule has 3 heterocycles. The summed E-state index contributed by atoms with van der Waals surface area (Å²) in [7, 11) is 0. The van der Waals surface area contributed by atoms with Gasteiger partial charge in [0.05, 0.1) is 5.02 Å². The van der Waals surface area contributed by atoms with Crippen LogP contribution in [0.5, 0.6) is 0 Å². The molecule has 0 aliphatic heterocycles. The number of aromatic nitrogens is 3. The van der Waals surface area contributed by atoms with Crippen LogP contribution in [-0.2, 0) is 0 Å². The number of halogens is 1. The van der Waals surface area contributed by atoms with E-state index in [4.69, 9.17) is 16.0 Å². The van der Waals surface area contributed by atoms with E-state index < -0.39 is 0 Å². The predicted octanol–water partition coefficient (Wildman–Crippen LogP) is 2.95. The lowest BCUT2D eigenvalue weighted by Gasteiger charge is -1.96. The molecule has 0 unspecified atom stereocenters. The van der Waals surface area contributed by atoms with E-state index in [9.17, 15) is 0 Å². The summed E-state index contributed by atoms with van der Waals surface area (Å²) in [5.41, 5.74) is 0.744. The van der Waals surface area contributed by atoms with E-state index in [0.717, 1.165) is 11.4 Å². The third-order valence-corrected chi connectivity index (χ3v) is 2.55. The predicted molar refractivity (Wildman–Crippen MR) is 60.4 cm³/mol. The second-order valence-electron chi connectivity index (χ2n) is 3.51. The first-order valence-corrected chi connectivity index (χ1v) is 5.19. The Morgan fingerprint density at radius 1 is 1.19 bits per heavy atom. The molecule has 3 aromatic rings. The first kappa shape index (κ1) is 9.42. The van der Waals surface area contributed by atoms with E-state index in [1.54, 1.807) is 16.7 Å². The van der Waals surface area contributed by atoms with Crippen molar-refractivity contribution in [1.29, 1.82) is 0 Å². The third kappa shape index (κ3) is 1.39. The number of nitrogens with zero attached hydrogens (tertiary/aromatic N) is 3. The Kier molecular flexibility index (Phi) is 1.97. The molecular formula is C11H8ClN3O. The Hall–Kier alpha value is -1.81. The summed E-state index contributed by atoms with van der Waals surface area (Å²) in [6.45, 7) is 1.89. The molecule has 16 heavy (non-hydrogen) atoms. The van der Waals surface area contributed by atoms with Crippen LogP contribution in [0.4, 0.5) is 0 Å². The van der Waals surface area contributed by atoms with E-state index in [2.05, 4.69) is 10.2 Å². The van der Waals surface area contributed by atoms with Crippen molar-refractivity contribution in [2.75, 3.05) is 0 Å². The van der Waals surface area contributed by atoms with Gasteiger partial charge in [0.15, 0.2) is 11.4 Å². The smallest absolute Gasteiger partial charge is 0.204 e.